The van der Waals surface area contributed by atoms with Gasteiger partial charge in [-0.2, -0.15) is 0 Å². The molecule has 0 spiro atoms. The Labute approximate surface area is 96.1 Å². The van der Waals surface area contributed by atoms with Crippen LogP contribution < -0.4 is 5.32 Å². The van der Waals surface area contributed by atoms with Crippen molar-refractivity contribution in [3.05, 3.63) is 35.9 Å². The maximum Gasteiger partial charge on any atom is 0.130 e. The summed E-state index contributed by atoms with van der Waals surface area (Å²) in [7, 11) is 0. The monoisotopic (exact) mass is 247 g/mol. The fraction of sp³-hybridized carbons (Fsp3) is 0.125. The molecule has 0 aliphatic carbocycles. The average Bonchev–Trinajstić information content (AvgIpc) is 2.03. The molecule has 0 radical (unpaired) electrons. The van der Waals surface area contributed by atoms with Crippen molar-refractivity contribution in [2.45, 2.75) is 6.54 Å². The Balaban J connectivity index is 0.00000121. The van der Waals surface area contributed by atoms with Crippen LogP contribution in [0.5, 0.6) is 0 Å². The molecule has 1 nitrogen and oxygen atoms in total. The van der Waals surface area contributed by atoms with E-state index in [1.807, 2.05) is 30.3 Å². The first-order chi connectivity index (χ1) is 5.29. The minimum Gasteiger partial charge on any atom is -0.367 e. The molecule has 1 aromatic carbocycles. The van der Waals surface area contributed by atoms with Crippen molar-refractivity contribution < 1.29 is 19.5 Å². The number of benzene rings is 1. The van der Waals surface area contributed by atoms with Crippen molar-refractivity contribution in [1.29, 1.82) is 0 Å². The molecule has 4 heteroatoms. The van der Waals surface area contributed by atoms with E-state index in [0.29, 0.717) is 4.32 Å². The molecule has 0 unspecified atom stereocenters. The number of hydrogen-bond donors (Lipinski definition) is 2. The predicted octanol–water partition coefficient (Wildman–Crippen LogP) is 1.99. The van der Waals surface area contributed by atoms with Gasteiger partial charge >= 0.3 is 0 Å². The number of nitrogens with one attached hydrogen (secondary N) is 1. The Morgan fingerprint density at radius 2 is 1.92 bits per heavy atom. The molecule has 0 aromatic heterocycles. The normalized spacial score (nSPS) is 8.42. The molecular weight excluding hydrogens is 240 g/mol. The summed E-state index contributed by atoms with van der Waals surface area (Å²) in [6.45, 7) is 0.753. The Morgan fingerprint density at radius 3 is 2.42 bits per heavy atom. The number of thiocarbonyl (C=S) groups is 1. The summed E-state index contributed by atoms with van der Waals surface area (Å²) < 4.78 is 0.536. The van der Waals surface area contributed by atoms with Crippen LogP contribution in [0.4, 0.5) is 0 Å². The van der Waals surface area contributed by atoms with Crippen LogP contribution >= 0.6 is 24.8 Å². The van der Waals surface area contributed by atoms with Crippen LogP contribution in [0.25, 0.3) is 0 Å². The van der Waals surface area contributed by atoms with Crippen LogP contribution in [0.3, 0.4) is 0 Å². The van der Waals surface area contributed by atoms with Crippen LogP contribution in [0.15, 0.2) is 30.3 Å². The van der Waals surface area contributed by atoms with E-state index in [0.717, 1.165) is 6.54 Å². The Kier molecular flexibility index (Phi) is 6.63. The van der Waals surface area contributed by atoms with Crippen molar-refractivity contribution in [3.63, 3.8) is 0 Å². The zero-order valence-electron chi connectivity index (χ0n) is 6.66. The Bertz CT molecular complexity index is 238. The van der Waals surface area contributed by atoms with E-state index >= 15 is 0 Å². The van der Waals surface area contributed by atoms with Crippen molar-refractivity contribution in [2.24, 2.45) is 0 Å². The molecule has 12 heavy (non-hydrogen) atoms. The van der Waals surface area contributed by atoms with E-state index < -0.39 is 0 Å². The average molecular weight is 249 g/mol. The third-order valence-electron chi connectivity index (χ3n) is 1.29. The SMILES string of the molecule is S=C(S)NCc1ccccc1.[Zn]. The molecule has 0 atom stereocenters. The fourth-order valence-electron chi connectivity index (χ4n) is 0.774. The first-order valence-electron chi connectivity index (χ1n) is 3.30. The second-order valence-electron chi connectivity index (χ2n) is 2.14. The van der Waals surface area contributed by atoms with Gasteiger partial charge in [0, 0.05) is 26.0 Å². The third kappa shape index (κ3) is 4.86. The zero-order chi connectivity index (χ0) is 8.10. The maximum atomic E-state index is 4.75. The summed E-state index contributed by atoms with van der Waals surface area (Å²) in [4.78, 5) is 0. The van der Waals surface area contributed by atoms with Crippen LogP contribution in [0.1, 0.15) is 5.56 Å². The van der Waals surface area contributed by atoms with Gasteiger partial charge in [0.25, 0.3) is 0 Å². The van der Waals surface area contributed by atoms with E-state index in [2.05, 4.69) is 17.9 Å². The van der Waals surface area contributed by atoms with Crippen molar-refractivity contribution in [2.75, 3.05) is 0 Å². The van der Waals surface area contributed by atoms with Crippen LogP contribution in [0.2, 0.25) is 0 Å². The van der Waals surface area contributed by atoms with Gasteiger partial charge in [0.15, 0.2) is 0 Å². The van der Waals surface area contributed by atoms with Gasteiger partial charge in [-0.1, -0.05) is 42.5 Å². The van der Waals surface area contributed by atoms with E-state index in [9.17, 15) is 0 Å². The van der Waals surface area contributed by atoms with Gasteiger partial charge in [-0.25, -0.2) is 0 Å². The third-order valence-corrected chi connectivity index (χ3v) is 1.59. The first kappa shape index (κ1) is 12.1. The minimum atomic E-state index is 0. The van der Waals surface area contributed by atoms with Gasteiger partial charge in [-0.3, -0.25) is 0 Å². The predicted molar refractivity (Wildman–Crippen MR) is 54.9 cm³/mol. The Hall–Kier alpha value is 0.0834. The van der Waals surface area contributed by atoms with Gasteiger partial charge in [0.2, 0.25) is 0 Å². The molecule has 0 aliphatic heterocycles. The van der Waals surface area contributed by atoms with E-state index in [1.54, 1.807) is 0 Å². The standard InChI is InChI=1S/C8H9NS2.Zn/c10-8(11)9-6-7-4-2-1-3-5-7;/h1-5H,6H2,(H2,9,10,11);. The second kappa shape index (κ2) is 6.58. The summed E-state index contributed by atoms with van der Waals surface area (Å²) >= 11 is 8.70. The molecule has 0 fully saturated rings. The second-order valence-corrected chi connectivity index (χ2v) is 3.30. The molecule has 60 valence electrons. The smallest absolute Gasteiger partial charge is 0.130 e. The summed E-state index contributed by atoms with van der Waals surface area (Å²) in [5.74, 6) is 0. The van der Waals surface area contributed by atoms with E-state index in [1.165, 1.54) is 5.56 Å². The molecule has 1 aromatic rings. The topological polar surface area (TPSA) is 12.0 Å². The van der Waals surface area contributed by atoms with Crippen LogP contribution in [-0.4, -0.2) is 4.32 Å². The maximum absolute atomic E-state index is 4.75. The van der Waals surface area contributed by atoms with Gasteiger partial charge in [0.05, 0.1) is 0 Å². The molecule has 1 rings (SSSR count). The van der Waals surface area contributed by atoms with Gasteiger partial charge < -0.3 is 5.32 Å². The summed E-state index contributed by atoms with van der Waals surface area (Å²) in [5.41, 5.74) is 1.21. The number of thiol groups is 1. The Morgan fingerprint density at radius 1 is 1.33 bits per heavy atom. The molecule has 0 saturated heterocycles. The van der Waals surface area contributed by atoms with Gasteiger partial charge in [0.1, 0.15) is 4.32 Å². The molecule has 0 bridgehead atoms. The van der Waals surface area contributed by atoms with E-state index in [4.69, 9.17) is 12.2 Å². The summed E-state index contributed by atoms with van der Waals surface area (Å²) in [5, 5.41) is 2.96. The van der Waals surface area contributed by atoms with Crippen LogP contribution in [-0.2, 0) is 26.0 Å². The molecule has 1 N–H and O–H groups in total. The van der Waals surface area contributed by atoms with Crippen molar-refractivity contribution in [3.8, 4) is 0 Å². The van der Waals surface area contributed by atoms with Crippen molar-refractivity contribution in [1.82, 2.24) is 5.32 Å². The fourth-order valence-corrected chi connectivity index (χ4v) is 0.925. The molecule has 0 amide bonds. The summed E-state index contributed by atoms with van der Waals surface area (Å²) in [6.07, 6.45) is 0. The number of hydrogen-bond acceptors (Lipinski definition) is 1. The summed E-state index contributed by atoms with van der Waals surface area (Å²) in [6, 6.07) is 10.1. The molecular formula is C8H9NS2Zn. The molecule has 0 aliphatic rings. The van der Waals surface area contributed by atoms with Gasteiger partial charge in [-0.05, 0) is 5.56 Å². The molecule has 0 saturated carbocycles. The molecule has 0 heterocycles. The first-order valence-corrected chi connectivity index (χ1v) is 4.15. The minimum absolute atomic E-state index is 0. The van der Waals surface area contributed by atoms with Crippen LogP contribution in [0, 0.1) is 0 Å². The van der Waals surface area contributed by atoms with E-state index in [-0.39, 0.29) is 19.5 Å². The quantitative estimate of drug-likeness (QED) is 0.472. The van der Waals surface area contributed by atoms with Gasteiger partial charge in [-0.15, -0.1) is 12.6 Å². The number of rotatable bonds is 2. The van der Waals surface area contributed by atoms with Crippen molar-refractivity contribution >= 4 is 29.2 Å². The zero-order valence-corrected chi connectivity index (χ0v) is 11.3. The largest absolute Gasteiger partial charge is 0.367 e.